The number of hydrogen-bond donors (Lipinski definition) is 0. The fourth-order valence-corrected chi connectivity index (χ4v) is 2.06. The third-order valence-corrected chi connectivity index (χ3v) is 2.57. The summed E-state index contributed by atoms with van der Waals surface area (Å²) >= 11 is 1.42. The van der Waals surface area contributed by atoms with Crippen molar-refractivity contribution < 1.29 is 0 Å². The second-order valence-corrected chi connectivity index (χ2v) is 4.74. The molecule has 4 heteroatoms. The molecule has 0 fully saturated rings. The van der Waals surface area contributed by atoms with Crippen LogP contribution in [0.3, 0.4) is 0 Å². The van der Waals surface area contributed by atoms with Gasteiger partial charge in [0.25, 0.3) is 0 Å². The minimum Gasteiger partial charge on any atom is -0.250 e. The van der Waals surface area contributed by atoms with Gasteiger partial charge in [-0.2, -0.15) is 4.37 Å². The van der Waals surface area contributed by atoms with Crippen LogP contribution in [0, 0.1) is 0 Å². The quantitative estimate of drug-likeness (QED) is 0.644. The molecule has 0 aliphatic heterocycles. The molecule has 13 heavy (non-hydrogen) atoms. The van der Waals surface area contributed by atoms with Crippen LogP contribution in [0.1, 0.15) is 26.5 Å². The zero-order valence-corrected chi connectivity index (χ0v) is 8.72. The smallest absolute Gasteiger partial charge is 0.162 e. The molecule has 2 heterocycles. The van der Waals surface area contributed by atoms with Crippen LogP contribution in [0.5, 0.6) is 0 Å². The zero-order chi connectivity index (χ0) is 9.47. The van der Waals surface area contributed by atoms with E-state index >= 15 is 0 Å². The molecule has 0 aliphatic rings. The molecule has 0 bridgehead atoms. The Bertz CT molecular complexity index is 428. The van der Waals surface area contributed by atoms with Gasteiger partial charge in [-0.25, -0.2) is 4.98 Å². The normalized spacial score (nSPS) is 12.2. The van der Waals surface area contributed by atoms with E-state index in [0.29, 0.717) is 0 Å². The summed E-state index contributed by atoms with van der Waals surface area (Å²) in [6, 6.07) is 0. The van der Waals surface area contributed by atoms with Crippen LogP contribution < -0.4 is 0 Å². The van der Waals surface area contributed by atoms with Gasteiger partial charge >= 0.3 is 0 Å². The van der Waals surface area contributed by atoms with Crippen LogP contribution in [0.4, 0.5) is 0 Å². The lowest BCUT2D eigenvalue weighted by molar-refractivity contribution is 0.580. The Morgan fingerprint density at radius 1 is 1.15 bits per heavy atom. The van der Waals surface area contributed by atoms with Crippen molar-refractivity contribution in [2.24, 2.45) is 0 Å². The predicted octanol–water partition coefficient (Wildman–Crippen LogP) is 2.38. The van der Waals surface area contributed by atoms with Gasteiger partial charge in [0.05, 0.1) is 5.69 Å². The van der Waals surface area contributed by atoms with Crippen molar-refractivity contribution in [2.45, 2.75) is 26.2 Å². The zero-order valence-electron chi connectivity index (χ0n) is 7.90. The first kappa shape index (κ1) is 8.56. The molecule has 0 aromatic carbocycles. The Morgan fingerprint density at radius 3 is 2.54 bits per heavy atom. The lowest BCUT2D eigenvalue weighted by Crippen LogP contribution is -2.12. The molecule has 0 amide bonds. The Kier molecular flexibility index (Phi) is 1.80. The van der Waals surface area contributed by atoms with Gasteiger partial charge in [-0.3, -0.25) is 4.98 Å². The van der Waals surface area contributed by atoms with Crippen LogP contribution >= 0.6 is 11.5 Å². The lowest BCUT2D eigenvalue weighted by atomic mass is 9.92. The highest BCUT2D eigenvalue weighted by Crippen LogP contribution is 2.28. The first-order chi connectivity index (χ1) is 6.09. The second kappa shape index (κ2) is 2.73. The molecule has 2 aromatic heterocycles. The molecular weight excluding hydrogens is 182 g/mol. The third kappa shape index (κ3) is 1.42. The second-order valence-electron chi connectivity index (χ2n) is 3.99. The lowest BCUT2D eigenvalue weighted by Gasteiger charge is -2.14. The van der Waals surface area contributed by atoms with Crippen molar-refractivity contribution in [1.29, 1.82) is 0 Å². The van der Waals surface area contributed by atoms with Crippen molar-refractivity contribution in [3.8, 4) is 0 Å². The Balaban J connectivity index is 2.72. The Morgan fingerprint density at radius 2 is 1.85 bits per heavy atom. The highest BCUT2D eigenvalue weighted by Gasteiger charge is 2.21. The van der Waals surface area contributed by atoms with Gasteiger partial charge in [-0.05, 0) is 11.5 Å². The monoisotopic (exact) mass is 193 g/mol. The first-order valence-corrected chi connectivity index (χ1v) is 4.93. The fraction of sp³-hybridized carbons (Fsp3) is 0.444. The van der Waals surface area contributed by atoms with Crippen LogP contribution in [-0.2, 0) is 5.41 Å². The molecule has 0 aliphatic carbocycles. The van der Waals surface area contributed by atoms with E-state index in [-0.39, 0.29) is 5.41 Å². The molecule has 0 atom stereocenters. The molecule has 2 rings (SSSR count). The fourth-order valence-electron chi connectivity index (χ4n) is 1.18. The highest BCUT2D eigenvalue weighted by atomic mass is 32.1. The van der Waals surface area contributed by atoms with E-state index < -0.39 is 0 Å². The van der Waals surface area contributed by atoms with Crippen molar-refractivity contribution in [2.75, 3.05) is 0 Å². The summed E-state index contributed by atoms with van der Waals surface area (Å²) in [6.07, 6.45) is 3.42. The average molecular weight is 193 g/mol. The highest BCUT2D eigenvalue weighted by molar-refractivity contribution is 7.12. The summed E-state index contributed by atoms with van der Waals surface area (Å²) in [5.74, 6) is 0. The topological polar surface area (TPSA) is 38.7 Å². The van der Waals surface area contributed by atoms with Crippen molar-refractivity contribution in [3.63, 3.8) is 0 Å². The summed E-state index contributed by atoms with van der Waals surface area (Å²) in [5.41, 5.74) is 2.04. The summed E-state index contributed by atoms with van der Waals surface area (Å²) in [7, 11) is 0. The summed E-state index contributed by atoms with van der Waals surface area (Å²) < 4.78 is 4.38. The van der Waals surface area contributed by atoms with Gasteiger partial charge in [0.15, 0.2) is 4.83 Å². The largest absolute Gasteiger partial charge is 0.250 e. The van der Waals surface area contributed by atoms with E-state index in [1.165, 1.54) is 11.5 Å². The van der Waals surface area contributed by atoms with Crippen LogP contribution in [-0.4, -0.2) is 14.3 Å². The maximum absolute atomic E-state index is 4.38. The summed E-state index contributed by atoms with van der Waals surface area (Å²) in [4.78, 5) is 9.43. The molecular formula is C9H11N3S. The van der Waals surface area contributed by atoms with Crippen molar-refractivity contribution in [1.82, 2.24) is 14.3 Å². The molecule has 68 valence electrons. The predicted molar refractivity (Wildman–Crippen MR) is 53.9 cm³/mol. The molecule has 0 radical (unpaired) electrons. The minimum atomic E-state index is 0.0499. The van der Waals surface area contributed by atoms with Gasteiger partial charge in [-0.1, -0.05) is 20.8 Å². The van der Waals surface area contributed by atoms with Gasteiger partial charge in [0.1, 0.15) is 5.52 Å². The van der Waals surface area contributed by atoms with Gasteiger partial charge in [0.2, 0.25) is 0 Å². The summed E-state index contributed by atoms with van der Waals surface area (Å²) in [5, 5.41) is 0. The molecule has 0 saturated heterocycles. The minimum absolute atomic E-state index is 0.0499. The number of fused-ring (bicyclic) bond motifs is 1. The van der Waals surface area contributed by atoms with Gasteiger partial charge in [-0.15, -0.1) is 0 Å². The van der Waals surface area contributed by atoms with E-state index in [1.807, 2.05) is 0 Å². The van der Waals surface area contributed by atoms with E-state index in [4.69, 9.17) is 0 Å². The number of nitrogens with zero attached hydrogens (tertiary/aromatic N) is 3. The van der Waals surface area contributed by atoms with E-state index in [9.17, 15) is 0 Å². The Hall–Kier alpha value is -1.03. The molecule has 0 N–H and O–H groups in total. The standard InChI is InChI=1S/C9H11N3S/c1-9(2,3)7-6-8(13-12-7)11-5-4-10-6/h4-5H,1-3H3. The molecule has 2 aromatic rings. The van der Waals surface area contributed by atoms with Crippen molar-refractivity contribution in [3.05, 3.63) is 18.1 Å². The summed E-state index contributed by atoms with van der Waals surface area (Å²) in [6.45, 7) is 6.41. The van der Waals surface area contributed by atoms with Crippen LogP contribution in [0.15, 0.2) is 12.4 Å². The number of aromatic nitrogens is 3. The van der Waals surface area contributed by atoms with Crippen LogP contribution in [0.25, 0.3) is 10.3 Å². The number of hydrogen-bond acceptors (Lipinski definition) is 4. The average Bonchev–Trinajstić information content (AvgIpc) is 2.45. The van der Waals surface area contributed by atoms with E-state index in [1.54, 1.807) is 12.4 Å². The van der Waals surface area contributed by atoms with Gasteiger partial charge in [0, 0.05) is 17.8 Å². The maximum Gasteiger partial charge on any atom is 0.162 e. The molecule has 3 nitrogen and oxygen atoms in total. The maximum atomic E-state index is 4.38. The Labute approximate surface area is 81.0 Å². The third-order valence-electron chi connectivity index (χ3n) is 1.82. The SMILES string of the molecule is CC(C)(C)c1nsc2nccnc12. The van der Waals surface area contributed by atoms with E-state index in [0.717, 1.165) is 16.0 Å². The number of rotatable bonds is 0. The molecule has 0 saturated carbocycles. The first-order valence-electron chi connectivity index (χ1n) is 4.16. The van der Waals surface area contributed by atoms with Gasteiger partial charge < -0.3 is 0 Å². The van der Waals surface area contributed by atoms with E-state index in [2.05, 4.69) is 35.1 Å². The van der Waals surface area contributed by atoms with Crippen LogP contribution in [0.2, 0.25) is 0 Å². The molecule has 0 spiro atoms. The van der Waals surface area contributed by atoms with Crippen molar-refractivity contribution >= 4 is 21.9 Å². The molecule has 0 unspecified atom stereocenters.